The molecule has 1 N–H and O–H groups in total. The number of nitrogens with one attached hydrogen (secondary N) is 1. The van der Waals surface area contributed by atoms with Crippen LogP contribution in [0.25, 0.3) is 0 Å². The van der Waals surface area contributed by atoms with E-state index in [1.165, 1.54) is 6.33 Å². The van der Waals surface area contributed by atoms with Crippen LogP contribution >= 0.6 is 0 Å². The Bertz CT molecular complexity index is 756. The fourth-order valence-corrected chi connectivity index (χ4v) is 2.77. The van der Waals surface area contributed by atoms with Crippen molar-refractivity contribution in [2.45, 2.75) is 13.8 Å². The summed E-state index contributed by atoms with van der Waals surface area (Å²) in [5.74, 6) is 0.380. The van der Waals surface area contributed by atoms with Crippen molar-refractivity contribution in [2.75, 3.05) is 50.7 Å². The first-order valence-corrected chi connectivity index (χ1v) is 8.53. The van der Waals surface area contributed by atoms with Gasteiger partial charge in [-0.3, -0.25) is 10.1 Å². The number of hydrogen-bond donors (Lipinski definition) is 1. The van der Waals surface area contributed by atoms with Crippen molar-refractivity contribution in [3.63, 3.8) is 0 Å². The predicted octanol–water partition coefficient (Wildman–Crippen LogP) is 2.84. The summed E-state index contributed by atoms with van der Waals surface area (Å²) in [5.41, 5.74) is 2.66. The summed E-state index contributed by atoms with van der Waals surface area (Å²) in [4.78, 5) is 21.4. The second-order valence-corrected chi connectivity index (χ2v) is 6.13. The number of aromatic nitrogens is 2. The van der Waals surface area contributed by atoms with Crippen LogP contribution in [0.1, 0.15) is 11.1 Å². The quantitative estimate of drug-likeness (QED) is 0.499. The third-order valence-corrected chi connectivity index (χ3v) is 3.90. The zero-order valence-electron chi connectivity index (χ0n) is 16.1. The third-order valence-electron chi connectivity index (χ3n) is 3.90. The van der Waals surface area contributed by atoms with E-state index in [2.05, 4.69) is 15.3 Å². The highest BCUT2D eigenvalue weighted by molar-refractivity contribution is 5.74. The number of methoxy groups -OCH3 is 2. The van der Waals surface area contributed by atoms with Gasteiger partial charge in [-0.2, -0.15) is 0 Å². The van der Waals surface area contributed by atoms with Gasteiger partial charge in [-0.1, -0.05) is 6.07 Å². The summed E-state index contributed by atoms with van der Waals surface area (Å²) in [6.45, 7) is 5.64. The van der Waals surface area contributed by atoms with E-state index in [-0.39, 0.29) is 17.3 Å². The van der Waals surface area contributed by atoms with E-state index < -0.39 is 4.92 Å². The summed E-state index contributed by atoms with van der Waals surface area (Å²) in [5, 5.41) is 14.9. The van der Waals surface area contributed by atoms with Crippen LogP contribution in [0.15, 0.2) is 24.5 Å². The fourth-order valence-electron chi connectivity index (χ4n) is 2.77. The first-order valence-electron chi connectivity index (χ1n) is 8.53. The van der Waals surface area contributed by atoms with Gasteiger partial charge in [-0.15, -0.1) is 0 Å². The topological polar surface area (TPSA) is 103 Å². The average Bonchev–Trinajstić information content (AvgIpc) is 2.60. The highest BCUT2D eigenvalue weighted by Crippen LogP contribution is 2.33. The SMILES string of the molecule is COCCN(CCOC)c1ncnc(Nc2cc(C)cc(C)c2)c1[N+](=O)[O-]. The van der Waals surface area contributed by atoms with Gasteiger partial charge in [0.25, 0.3) is 0 Å². The van der Waals surface area contributed by atoms with Crippen LogP contribution in [-0.2, 0) is 9.47 Å². The summed E-state index contributed by atoms with van der Waals surface area (Å²) in [7, 11) is 3.16. The maximum absolute atomic E-state index is 11.8. The molecule has 0 saturated carbocycles. The van der Waals surface area contributed by atoms with Gasteiger partial charge in [0.1, 0.15) is 6.33 Å². The van der Waals surface area contributed by atoms with Crippen LogP contribution in [0.3, 0.4) is 0 Å². The number of nitro groups is 1. The van der Waals surface area contributed by atoms with E-state index in [0.717, 1.165) is 16.8 Å². The van der Waals surface area contributed by atoms with Gasteiger partial charge < -0.3 is 19.7 Å². The molecule has 0 aliphatic carbocycles. The van der Waals surface area contributed by atoms with Crippen molar-refractivity contribution in [2.24, 2.45) is 0 Å². The first-order chi connectivity index (χ1) is 13.0. The van der Waals surface area contributed by atoms with Crippen molar-refractivity contribution in [1.82, 2.24) is 9.97 Å². The lowest BCUT2D eigenvalue weighted by Crippen LogP contribution is -2.32. The maximum atomic E-state index is 11.8. The fraction of sp³-hybridized carbons (Fsp3) is 0.444. The molecule has 0 atom stereocenters. The smallest absolute Gasteiger partial charge is 0.353 e. The minimum atomic E-state index is -0.465. The maximum Gasteiger partial charge on any atom is 0.353 e. The first kappa shape index (κ1) is 20.5. The summed E-state index contributed by atoms with van der Waals surface area (Å²) in [6.07, 6.45) is 1.32. The molecule has 1 aromatic heterocycles. The number of ether oxygens (including phenoxy) is 2. The lowest BCUT2D eigenvalue weighted by Gasteiger charge is -2.23. The van der Waals surface area contributed by atoms with Gasteiger partial charge in [0, 0.05) is 33.0 Å². The minimum Gasteiger partial charge on any atom is -0.383 e. The van der Waals surface area contributed by atoms with Crippen molar-refractivity contribution < 1.29 is 14.4 Å². The van der Waals surface area contributed by atoms with E-state index in [9.17, 15) is 10.1 Å². The summed E-state index contributed by atoms with van der Waals surface area (Å²) >= 11 is 0. The van der Waals surface area contributed by atoms with E-state index in [4.69, 9.17) is 9.47 Å². The molecule has 2 rings (SSSR count). The summed E-state index contributed by atoms with van der Waals surface area (Å²) < 4.78 is 10.2. The average molecular weight is 375 g/mol. The Balaban J connectivity index is 2.43. The highest BCUT2D eigenvalue weighted by Gasteiger charge is 2.27. The molecule has 0 spiro atoms. The van der Waals surface area contributed by atoms with Crippen molar-refractivity contribution >= 4 is 23.0 Å². The molecule has 0 saturated heterocycles. The molecule has 9 nitrogen and oxygen atoms in total. The molecule has 9 heteroatoms. The molecule has 1 aromatic carbocycles. The molecular weight excluding hydrogens is 350 g/mol. The van der Waals surface area contributed by atoms with Crippen LogP contribution < -0.4 is 10.2 Å². The van der Waals surface area contributed by atoms with Gasteiger partial charge >= 0.3 is 5.69 Å². The molecule has 146 valence electrons. The monoisotopic (exact) mass is 375 g/mol. The molecule has 0 aliphatic heterocycles. The second kappa shape index (κ2) is 9.79. The molecule has 0 unspecified atom stereocenters. The molecule has 0 bridgehead atoms. The van der Waals surface area contributed by atoms with Crippen LogP contribution in [0.4, 0.5) is 23.0 Å². The number of nitrogens with zero attached hydrogens (tertiary/aromatic N) is 4. The third kappa shape index (κ3) is 5.60. The van der Waals surface area contributed by atoms with E-state index in [1.54, 1.807) is 19.1 Å². The largest absolute Gasteiger partial charge is 0.383 e. The number of aryl methyl sites for hydroxylation is 2. The van der Waals surface area contributed by atoms with E-state index in [0.29, 0.717) is 26.3 Å². The van der Waals surface area contributed by atoms with Gasteiger partial charge in [0.05, 0.1) is 18.1 Å². The van der Waals surface area contributed by atoms with Gasteiger partial charge in [-0.05, 0) is 37.1 Å². The number of benzene rings is 1. The standard InChI is InChI=1S/C18H25N5O4/c1-13-9-14(2)11-15(10-13)21-17-16(23(24)25)18(20-12-19-17)22(5-7-26-3)6-8-27-4/h9-12H,5-8H2,1-4H3,(H,19,20,21). The van der Waals surface area contributed by atoms with Gasteiger partial charge in [0.2, 0.25) is 11.6 Å². The summed E-state index contributed by atoms with van der Waals surface area (Å²) in [6, 6.07) is 5.85. The van der Waals surface area contributed by atoms with E-state index >= 15 is 0 Å². The Morgan fingerprint density at radius 3 is 2.19 bits per heavy atom. The Labute approximate surface area is 158 Å². The predicted molar refractivity (Wildman–Crippen MR) is 104 cm³/mol. The molecule has 1 heterocycles. The number of hydrogen-bond acceptors (Lipinski definition) is 8. The molecule has 0 aliphatic rings. The van der Waals surface area contributed by atoms with Crippen LogP contribution in [0.2, 0.25) is 0 Å². The molecule has 0 radical (unpaired) electrons. The van der Waals surface area contributed by atoms with Crippen LogP contribution in [0, 0.1) is 24.0 Å². The van der Waals surface area contributed by atoms with Crippen molar-refractivity contribution in [3.8, 4) is 0 Å². The molecule has 27 heavy (non-hydrogen) atoms. The van der Waals surface area contributed by atoms with Gasteiger partial charge in [0.15, 0.2) is 0 Å². The van der Waals surface area contributed by atoms with Crippen LogP contribution in [0.5, 0.6) is 0 Å². The Kier molecular flexibility index (Phi) is 7.44. The minimum absolute atomic E-state index is 0.148. The lowest BCUT2D eigenvalue weighted by molar-refractivity contribution is -0.383. The zero-order chi connectivity index (χ0) is 19.8. The van der Waals surface area contributed by atoms with Crippen LogP contribution in [-0.4, -0.2) is 55.4 Å². The molecule has 0 fully saturated rings. The normalized spacial score (nSPS) is 10.7. The number of rotatable bonds is 10. The molecule has 0 amide bonds. The highest BCUT2D eigenvalue weighted by atomic mass is 16.6. The zero-order valence-corrected chi connectivity index (χ0v) is 16.1. The van der Waals surface area contributed by atoms with Crippen molar-refractivity contribution in [1.29, 1.82) is 0 Å². The Morgan fingerprint density at radius 1 is 1.07 bits per heavy atom. The number of anilines is 3. The Morgan fingerprint density at radius 2 is 1.67 bits per heavy atom. The Hall–Kier alpha value is -2.78. The molecule has 2 aromatic rings. The van der Waals surface area contributed by atoms with E-state index in [1.807, 2.05) is 32.0 Å². The van der Waals surface area contributed by atoms with Crippen molar-refractivity contribution in [3.05, 3.63) is 45.8 Å². The second-order valence-electron chi connectivity index (χ2n) is 6.13. The molecular formula is C18H25N5O4. The van der Waals surface area contributed by atoms with Gasteiger partial charge in [-0.25, -0.2) is 9.97 Å². The lowest BCUT2D eigenvalue weighted by atomic mass is 10.1.